The Morgan fingerprint density at radius 2 is 0.965 bits per heavy atom. The third-order valence-electron chi connectivity index (χ3n) is 11.1. The van der Waals surface area contributed by atoms with Crippen molar-refractivity contribution in [1.82, 2.24) is 19.5 Å². The molecule has 4 heterocycles. The highest BCUT2D eigenvalue weighted by Crippen LogP contribution is 2.42. The Labute approximate surface area is 325 Å². The van der Waals surface area contributed by atoms with E-state index in [9.17, 15) is 0 Å². The Morgan fingerprint density at radius 1 is 0.351 bits per heavy atom. The molecule has 0 aliphatic heterocycles. The van der Waals surface area contributed by atoms with Gasteiger partial charge in [-0.1, -0.05) is 133 Å². The molecular weight excluding hydrogens is 701 g/mol. The Bertz CT molecular complexity index is 3510. The van der Waals surface area contributed by atoms with Gasteiger partial charge >= 0.3 is 0 Å². The van der Waals surface area contributed by atoms with Gasteiger partial charge < -0.3 is 13.4 Å². The monoisotopic (exact) mass is 730 g/mol. The molecule has 0 saturated carbocycles. The lowest BCUT2D eigenvalue weighted by Crippen LogP contribution is -2.00. The zero-order valence-corrected chi connectivity index (χ0v) is 30.4. The molecule has 0 fully saturated rings. The van der Waals surface area contributed by atoms with Crippen LogP contribution in [0, 0.1) is 0 Å². The van der Waals surface area contributed by atoms with E-state index in [0.29, 0.717) is 17.5 Å². The molecule has 4 aromatic heterocycles. The second-order valence-corrected chi connectivity index (χ2v) is 14.4. The predicted molar refractivity (Wildman–Crippen MR) is 230 cm³/mol. The molecule has 0 spiro atoms. The lowest BCUT2D eigenvalue weighted by Gasteiger charge is -2.10. The highest BCUT2D eigenvalue weighted by Gasteiger charge is 2.22. The maximum absolute atomic E-state index is 6.88. The predicted octanol–water partition coefficient (Wildman–Crippen LogP) is 13.4. The Kier molecular flexibility index (Phi) is 6.83. The van der Waals surface area contributed by atoms with Crippen LogP contribution in [-0.2, 0) is 0 Å². The topological polar surface area (TPSA) is 69.9 Å². The van der Waals surface area contributed by atoms with Crippen LogP contribution < -0.4 is 0 Å². The molecular formula is C51H30N4O2. The quantitative estimate of drug-likeness (QED) is 0.176. The summed E-state index contributed by atoms with van der Waals surface area (Å²) in [5.41, 5.74) is 11.3. The van der Waals surface area contributed by atoms with Crippen molar-refractivity contribution in [3.8, 4) is 51.0 Å². The molecule has 12 aromatic rings. The molecule has 0 unspecified atom stereocenters. The summed E-state index contributed by atoms with van der Waals surface area (Å²) in [7, 11) is 0. The maximum atomic E-state index is 6.88. The Morgan fingerprint density at radius 3 is 1.81 bits per heavy atom. The van der Waals surface area contributed by atoms with Gasteiger partial charge in [-0.25, -0.2) is 15.0 Å². The van der Waals surface area contributed by atoms with E-state index in [4.69, 9.17) is 23.8 Å². The first-order chi connectivity index (χ1) is 28.2. The number of nitrogens with zero attached hydrogens (tertiary/aromatic N) is 4. The van der Waals surface area contributed by atoms with Gasteiger partial charge in [0.15, 0.2) is 17.5 Å². The van der Waals surface area contributed by atoms with E-state index < -0.39 is 0 Å². The largest absolute Gasteiger partial charge is 0.456 e. The Hall–Kier alpha value is -7.83. The zero-order chi connectivity index (χ0) is 37.5. The van der Waals surface area contributed by atoms with Crippen molar-refractivity contribution >= 4 is 65.7 Å². The second kappa shape index (κ2) is 12.3. The minimum atomic E-state index is 0.528. The molecule has 0 aliphatic rings. The van der Waals surface area contributed by atoms with Crippen LogP contribution in [0.2, 0.25) is 0 Å². The fraction of sp³-hybridized carbons (Fsp3) is 0. The van der Waals surface area contributed by atoms with Crippen molar-refractivity contribution in [2.75, 3.05) is 0 Å². The van der Waals surface area contributed by atoms with E-state index in [2.05, 4.69) is 138 Å². The van der Waals surface area contributed by atoms with Gasteiger partial charge in [-0.15, -0.1) is 0 Å². The molecule has 12 rings (SSSR count). The van der Waals surface area contributed by atoms with Gasteiger partial charge in [-0.05, 0) is 53.6 Å². The summed E-state index contributed by atoms with van der Waals surface area (Å²) in [4.78, 5) is 15.6. The molecule has 0 N–H and O–H groups in total. The van der Waals surface area contributed by atoms with Crippen LogP contribution in [-0.4, -0.2) is 19.5 Å². The maximum Gasteiger partial charge on any atom is 0.167 e. The normalized spacial score (nSPS) is 11.9. The number of aromatic nitrogens is 4. The van der Waals surface area contributed by atoms with Crippen molar-refractivity contribution in [1.29, 1.82) is 0 Å². The number of fused-ring (bicyclic) bond motifs is 9. The van der Waals surface area contributed by atoms with Gasteiger partial charge in [0.05, 0.1) is 16.6 Å². The molecule has 8 aromatic carbocycles. The van der Waals surface area contributed by atoms with E-state index in [-0.39, 0.29) is 0 Å². The van der Waals surface area contributed by atoms with Gasteiger partial charge in [0.1, 0.15) is 22.3 Å². The molecule has 6 heteroatoms. The molecule has 0 bridgehead atoms. The minimum absolute atomic E-state index is 0.528. The molecule has 0 radical (unpaired) electrons. The van der Waals surface area contributed by atoms with E-state index in [1.165, 1.54) is 10.8 Å². The number of rotatable bonds is 5. The molecule has 0 atom stereocenters. The summed E-state index contributed by atoms with van der Waals surface area (Å²) in [5, 5.41) is 6.37. The average molecular weight is 731 g/mol. The number of furan rings is 2. The van der Waals surface area contributed by atoms with Crippen LogP contribution in [0.4, 0.5) is 0 Å². The van der Waals surface area contributed by atoms with Gasteiger partial charge in [0, 0.05) is 55.2 Å². The first-order valence-corrected chi connectivity index (χ1v) is 19.0. The first kappa shape index (κ1) is 31.5. The molecule has 0 saturated heterocycles. The van der Waals surface area contributed by atoms with Crippen molar-refractivity contribution < 1.29 is 8.83 Å². The van der Waals surface area contributed by atoms with Crippen molar-refractivity contribution in [2.24, 2.45) is 0 Å². The van der Waals surface area contributed by atoms with Crippen LogP contribution in [0.25, 0.3) is 117 Å². The number of hydrogen-bond donors (Lipinski definition) is 0. The van der Waals surface area contributed by atoms with Gasteiger partial charge in [-0.3, -0.25) is 0 Å². The van der Waals surface area contributed by atoms with Crippen LogP contribution >= 0.6 is 0 Å². The standard InChI is InChI=1S/C51H30N4O2/c1-3-13-31(14-4-1)32-25-27-33(28-26-32)49-52-50(38-20-12-24-45-47(38)37-18-8-10-23-44(37)56-45)54-51(53-49)39-21-11-19-36-41-29-40-35-17-7-9-22-42(35)55(34-15-5-2-6-16-34)43(40)30-46(41)57-48(36)39/h1-30H. The summed E-state index contributed by atoms with van der Waals surface area (Å²) in [6.07, 6.45) is 0. The summed E-state index contributed by atoms with van der Waals surface area (Å²) < 4.78 is 15.5. The van der Waals surface area contributed by atoms with E-state index in [0.717, 1.165) is 88.4 Å². The van der Waals surface area contributed by atoms with Gasteiger partial charge in [-0.2, -0.15) is 0 Å². The lowest BCUT2D eigenvalue weighted by molar-refractivity contribution is 0.668. The lowest BCUT2D eigenvalue weighted by atomic mass is 10.0. The van der Waals surface area contributed by atoms with E-state index in [1.807, 2.05) is 48.5 Å². The second-order valence-electron chi connectivity index (χ2n) is 14.4. The Balaban J connectivity index is 1.09. The van der Waals surface area contributed by atoms with Crippen molar-refractivity contribution in [3.05, 3.63) is 182 Å². The zero-order valence-electron chi connectivity index (χ0n) is 30.4. The third-order valence-corrected chi connectivity index (χ3v) is 11.1. The summed E-state index contributed by atoms with van der Waals surface area (Å²) >= 11 is 0. The van der Waals surface area contributed by atoms with Crippen molar-refractivity contribution in [2.45, 2.75) is 0 Å². The fourth-order valence-corrected chi connectivity index (χ4v) is 8.44. The van der Waals surface area contributed by atoms with Gasteiger partial charge in [0.2, 0.25) is 0 Å². The molecule has 6 nitrogen and oxygen atoms in total. The van der Waals surface area contributed by atoms with Crippen LogP contribution in [0.15, 0.2) is 191 Å². The van der Waals surface area contributed by atoms with Crippen LogP contribution in [0.3, 0.4) is 0 Å². The fourth-order valence-electron chi connectivity index (χ4n) is 8.44. The molecule has 0 amide bonds. The van der Waals surface area contributed by atoms with E-state index >= 15 is 0 Å². The summed E-state index contributed by atoms with van der Waals surface area (Å²) in [6.45, 7) is 0. The average Bonchev–Trinajstić information content (AvgIpc) is 3.95. The van der Waals surface area contributed by atoms with Crippen molar-refractivity contribution in [3.63, 3.8) is 0 Å². The molecule has 57 heavy (non-hydrogen) atoms. The summed E-state index contributed by atoms with van der Waals surface area (Å²) in [5.74, 6) is 1.66. The van der Waals surface area contributed by atoms with Gasteiger partial charge in [0.25, 0.3) is 0 Å². The third kappa shape index (κ3) is 4.94. The minimum Gasteiger partial charge on any atom is -0.456 e. The number of para-hydroxylation sites is 4. The number of hydrogen-bond acceptors (Lipinski definition) is 5. The van der Waals surface area contributed by atoms with E-state index in [1.54, 1.807) is 0 Å². The first-order valence-electron chi connectivity index (χ1n) is 19.0. The highest BCUT2D eigenvalue weighted by molar-refractivity contribution is 6.18. The smallest absolute Gasteiger partial charge is 0.167 e. The van der Waals surface area contributed by atoms with Crippen LogP contribution in [0.5, 0.6) is 0 Å². The number of benzene rings is 8. The van der Waals surface area contributed by atoms with Crippen LogP contribution in [0.1, 0.15) is 0 Å². The highest BCUT2D eigenvalue weighted by atomic mass is 16.3. The SMILES string of the molecule is c1ccc(-c2ccc(-c3nc(-c4cccc5c4oc4cc6c(cc45)c4ccccc4n6-c4ccccc4)nc(-c4cccc5oc6ccccc6c45)n3)cc2)cc1. The molecule has 0 aliphatic carbocycles. The molecule has 266 valence electrons. The summed E-state index contributed by atoms with van der Waals surface area (Å²) in [6, 6.07) is 62.6.